The predicted molar refractivity (Wildman–Crippen MR) is 136 cm³/mol. The monoisotopic (exact) mass is 519 g/mol. The van der Waals surface area contributed by atoms with Crippen molar-refractivity contribution in [3.63, 3.8) is 0 Å². The lowest BCUT2D eigenvalue weighted by molar-refractivity contribution is -0.138. The molecular formula is C28H36F3N3O3. The Morgan fingerprint density at radius 3 is 2.54 bits per heavy atom. The highest BCUT2D eigenvalue weighted by Gasteiger charge is 2.43. The first-order valence-corrected chi connectivity index (χ1v) is 12.8. The number of fused-ring (bicyclic) bond motifs is 3. The Morgan fingerprint density at radius 1 is 1.14 bits per heavy atom. The highest BCUT2D eigenvalue weighted by Crippen LogP contribution is 2.51. The van der Waals surface area contributed by atoms with Gasteiger partial charge in [0.1, 0.15) is 5.60 Å². The summed E-state index contributed by atoms with van der Waals surface area (Å²) >= 11 is 0. The molecule has 0 saturated carbocycles. The number of ether oxygens (including phenoxy) is 2. The molecule has 37 heavy (non-hydrogen) atoms. The summed E-state index contributed by atoms with van der Waals surface area (Å²) in [5, 5.41) is 6.82. The Labute approximate surface area is 216 Å². The van der Waals surface area contributed by atoms with Gasteiger partial charge in [0.05, 0.1) is 23.8 Å². The minimum Gasteiger partial charge on any atom is -0.444 e. The molecule has 1 fully saturated rings. The molecule has 1 saturated heterocycles. The number of rotatable bonds is 6. The molecular weight excluding hydrogens is 483 g/mol. The molecule has 202 valence electrons. The molecule has 9 heteroatoms. The maximum atomic E-state index is 13.5. The predicted octanol–water partition coefficient (Wildman–Crippen LogP) is 6.17. The van der Waals surface area contributed by atoms with Crippen LogP contribution in [0.5, 0.6) is 0 Å². The third kappa shape index (κ3) is 6.76. The summed E-state index contributed by atoms with van der Waals surface area (Å²) in [5.41, 5.74) is 1.10. The fourth-order valence-corrected chi connectivity index (χ4v) is 5.01. The summed E-state index contributed by atoms with van der Waals surface area (Å²) in [6.45, 7) is 7.03. The number of nitrogens with zero attached hydrogens (tertiary/aromatic N) is 1. The van der Waals surface area contributed by atoms with Crippen LogP contribution >= 0.6 is 0 Å². The smallest absolute Gasteiger partial charge is 0.416 e. The largest absolute Gasteiger partial charge is 0.444 e. The topological polar surface area (TPSA) is 62.8 Å². The molecule has 0 aliphatic carbocycles. The van der Waals surface area contributed by atoms with Crippen molar-refractivity contribution in [2.24, 2.45) is 5.92 Å². The number of alkyl halides is 3. The van der Waals surface area contributed by atoms with E-state index in [-0.39, 0.29) is 24.2 Å². The maximum absolute atomic E-state index is 13.5. The van der Waals surface area contributed by atoms with E-state index in [1.807, 2.05) is 51.1 Å². The number of anilines is 1. The van der Waals surface area contributed by atoms with E-state index in [0.29, 0.717) is 30.9 Å². The Morgan fingerprint density at radius 2 is 1.86 bits per heavy atom. The van der Waals surface area contributed by atoms with Gasteiger partial charge in [-0.05, 0) is 57.4 Å². The number of hydrogen-bond donors (Lipinski definition) is 2. The molecule has 2 aliphatic heterocycles. The van der Waals surface area contributed by atoms with Crippen molar-refractivity contribution in [1.82, 2.24) is 10.2 Å². The number of carbonyl (C=O) groups is 1. The van der Waals surface area contributed by atoms with Crippen molar-refractivity contribution in [3.05, 3.63) is 65.2 Å². The van der Waals surface area contributed by atoms with Gasteiger partial charge in [-0.15, -0.1) is 0 Å². The standard InChI is InChI=1S/C28H36F3N3O3/c1-27(2,3)37-26(35)34(4)15-14-32-17-20-11-12-21-24(18-8-6-5-7-9-18)33-23-13-10-19(28(29,30)31)16-22(23)25(21)36-20/h5-10,13,16,20-21,24-25,32-33H,11-12,14-15,17H2,1-4H3/t20-,21+,24+,25+/m1/s1. The third-order valence-electron chi connectivity index (χ3n) is 6.83. The van der Waals surface area contributed by atoms with E-state index in [0.717, 1.165) is 24.5 Å². The zero-order valence-electron chi connectivity index (χ0n) is 21.8. The molecule has 2 heterocycles. The molecule has 6 nitrogen and oxygen atoms in total. The van der Waals surface area contributed by atoms with Gasteiger partial charge in [0.2, 0.25) is 0 Å². The highest BCUT2D eigenvalue weighted by atomic mass is 19.4. The molecule has 4 atom stereocenters. The van der Waals surface area contributed by atoms with Crippen LogP contribution < -0.4 is 10.6 Å². The number of carbonyl (C=O) groups excluding carboxylic acids is 1. The summed E-state index contributed by atoms with van der Waals surface area (Å²) in [6, 6.07) is 13.8. The summed E-state index contributed by atoms with van der Waals surface area (Å²) in [7, 11) is 1.69. The average molecular weight is 520 g/mol. The van der Waals surface area contributed by atoms with Crippen molar-refractivity contribution in [2.45, 2.75) is 63.6 Å². The van der Waals surface area contributed by atoms with Gasteiger partial charge in [-0.25, -0.2) is 4.79 Å². The molecule has 0 bridgehead atoms. The van der Waals surface area contributed by atoms with Crippen LogP contribution in [-0.2, 0) is 15.7 Å². The Bertz CT molecular complexity index is 1070. The quantitative estimate of drug-likeness (QED) is 0.448. The summed E-state index contributed by atoms with van der Waals surface area (Å²) in [4.78, 5) is 13.7. The van der Waals surface area contributed by atoms with Crippen molar-refractivity contribution >= 4 is 11.8 Å². The fourth-order valence-electron chi connectivity index (χ4n) is 5.01. The second-order valence-electron chi connectivity index (χ2n) is 10.9. The molecule has 2 aromatic rings. The normalized spacial score (nSPS) is 23.4. The molecule has 2 aromatic carbocycles. The summed E-state index contributed by atoms with van der Waals surface area (Å²) in [6.07, 6.45) is -3.80. The van der Waals surface area contributed by atoms with Crippen molar-refractivity contribution in [3.8, 4) is 0 Å². The van der Waals surface area contributed by atoms with Crippen molar-refractivity contribution in [1.29, 1.82) is 0 Å². The number of amides is 1. The molecule has 1 amide bonds. The molecule has 2 aliphatic rings. The van der Waals surface area contributed by atoms with Crippen molar-refractivity contribution in [2.75, 3.05) is 32.0 Å². The number of likely N-dealkylation sites (N-methyl/N-ethyl adjacent to an activating group) is 1. The van der Waals surface area contributed by atoms with Gasteiger partial charge < -0.3 is 25.0 Å². The first-order valence-electron chi connectivity index (χ1n) is 12.8. The number of hydrogen-bond acceptors (Lipinski definition) is 5. The Balaban J connectivity index is 1.44. The lowest BCUT2D eigenvalue weighted by Crippen LogP contribution is -2.43. The minimum absolute atomic E-state index is 0.00735. The summed E-state index contributed by atoms with van der Waals surface area (Å²) < 4.78 is 52.4. The molecule has 4 rings (SSSR count). The SMILES string of the molecule is CN(CCNC[C@H]1CC[C@@H]2[C@H](O1)c1cc(C(F)(F)F)ccc1N[C@H]2c1ccccc1)C(=O)OC(C)(C)C. The maximum Gasteiger partial charge on any atom is 0.416 e. The zero-order valence-corrected chi connectivity index (χ0v) is 21.8. The second kappa shape index (κ2) is 10.9. The van der Waals surface area contributed by atoms with Gasteiger partial charge in [0, 0.05) is 43.9 Å². The van der Waals surface area contributed by atoms with Crippen LogP contribution in [0.25, 0.3) is 0 Å². The van der Waals surface area contributed by atoms with E-state index < -0.39 is 23.4 Å². The van der Waals surface area contributed by atoms with Gasteiger partial charge >= 0.3 is 12.3 Å². The van der Waals surface area contributed by atoms with Gasteiger partial charge in [-0.3, -0.25) is 0 Å². The van der Waals surface area contributed by atoms with Crippen LogP contribution in [-0.4, -0.2) is 49.4 Å². The van der Waals surface area contributed by atoms with Crippen LogP contribution in [0.2, 0.25) is 0 Å². The lowest BCUT2D eigenvalue weighted by atomic mass is 9.76. The fraction of sp³-hybridized carbons (Fsp3) is 0.536. The first-order chi connectivity index (χ1) is 17.4. The first kappa shape index (κ1) is 27.3. The van der Waals surface area contributed by atoms with Gasteiger partial charge in [-0.1, -0.05) is 30.3 Å². The third-order valence-corrected chi connectivity index (χ3v) is 6.83. The van der Waals surface area contributed by atoms with Crippen LogP contribution in [0.3, 0.4) is 0 Å². The number of halogens is 3. The van der Waals surface area contributed by atoms with Crippen LogP contribution in [0.15, 0.2) is 48.5 Å². The average Bonchev–Trinajstić information content (AvgIpc) is 2.84. The van der Waals surface area contributed by atoms with E-state index in [1.165, 1.54) is 17.0 Å². The lowest BCUT2D eigenvalue weighted by Gasteiger charge is -2.46. The Kier molecular flexibility index (Phi) is 8.04. The minimum atomic E-state index is -4.42. The van der Waals surface area contributed by atoms with E-state index in [9.17, 15) is 18.0 Å². The summed E-state index contributed by atoms with van der Waals surface area (Å²) in [5.74, 6) is 0.00735. The van der Waals surface area contributed by atoms with E-state index in [4.69, 9.17) is 9.47 Å². The number of nitrogens with one attached hydrogen (secondary N) is 2. The van der Waals surface area contributed by atoms with Crippen LogP contribution in [0.1, 0.15) is 62.4 Å². The number of benzene rings is 2. The molecule has 0 spiro atoms. The second-order valence-corrected chi connectivity index (χ2v) is 10.9. The van der Waals surface area contributed by atoms with E-state index >= 15 is 0 Å². The molecule has 2 N–H and O–H groups in total. The molecule has 0 unspecified atom stereocenters. The van der Waals surface area contributed by atoms with Crippen LogP contribution in [0.4, 0.5) is 23.7 Å². The zero-order chi connectivity index (χ0) is 26.8. The van der Waals surface area contributed by atoms with E-state index in [1.54, 1.807) is 7.05 Å². The molecule has 0 radical (unpaired) electrons. The Hall–Kier alpha value is -2.78. The van der Waals surface area contributed by atoms with Crippen LogP contribution in [0, 0.1) is 5.92 Å². The highest BCUT2D eigenvalue weighted by molar-refractivity contribution is 5.67. The van der Waals surface area contributed by atoms with Gasteiger partial charge in [0.15, 0.2) is 0 Å². The molecule has 0 aromatic heterocycles. The van der Waals surface area contributed by atoms with Crippen molar-refractivity contribution < 1.29 is 27.4 Å². The van der Waals surface area contributed by atoms with Gasteiger partial charge in [-0.2, -0.15) is 13.2 Å². The van der Waals surface area contributed by atoms with Gasteiger partial charge in [0.25, 0.3) is 0 Å². The van der Waals surface area contributed by atoms with E-state index in [2.05, 4.69) is 10.6 Å².